The molecule has 2 atom stereocenters. The number of methoxy groups -OCH3 is 1. The predicted octanol–water partition coefficient (Wildman–Crippen LogP) is 4.85. The Bertz CT molecular complexity index is 806. The molecule has 5 nitrogen and oxygen atoms in total. The highest BCUT2D eigenvalue weighted by Gasteiger charge is 2.35. The molecule has 5 heteroatoms. The van der Waals surface area contributed by atoms with E-state index in [4.69, 9.17) is 9.47 Å². The average Bonchev–Trinajstić information content (AvgIpc) is 2.71. The molecule has 144 valence electrons. The molecule has 1 heterocycles. The van der Waals surface area contributed by atoms with Gasteiger partial charge in [0, 0.05) is 11.7 Å². The molecule has 1 aliphatic heterocycles. The van der Waals surface area contributed by atoms with E-state index in [0.717, 1.165) is 24.1 Å². The fourth-order valence-corrected chi connectivity index (χ4v) is 3.35. The topological polar surface area (TPSA) is 50.8 Å². The van der Waals surface area contributed by atoms with E-state index < -0.39 is 0 Å². The van der Waals surface area contributed by atoms with Crippen LogP contribution in [0.3, 0.4) is 0 Å². The second-order valence-electron chi connectivity index (χ2n) is 6.82. The second kappa shape index (κ2) is 8.33. The van der Waals surface area contributed by atoms with Gasteiger partial charge in [0.05, 0.1) is 19.3 Å². The third-order valence-electron chi connectivity index (χ3n) is 4.99. The average molecular weight is 368 g/mol. The van der Waals surface area contributed by atoms with Crippen LogP contribution >= 0.6 is 0 Å². The van der Waals surface area contributed by atoms with Crippen molar-refractivity contribution in [2.75, 3.05) is 19.0 Å². The van der Waals surface area contributed by atoms with Crippen LogP contribution in [0.1, 0.15) is 55.7 Å². The van der Waals surface area contributed by atoms with Crippen LogP contribution in [0.4, 0.5) is 5.69 Å². The minimum atomic E-state index is -0.253. The normalized spacial score (nSPS) is 17.1. The maximum atomic E-state index is 13.2. The number of carbonyl (C=O) groups excluding carboxylic acids is 1. The molecule has 2 aromatic carbocycles. The molecular weight excluding hydrogens is 340 g/mol. The summed E-state index contributed by atoms with van der Waals surface area (Å²) in [6.07, 6.45) is 1.54. The van der Waals surface area contributed by atoms with Crippen molar-refractivity contribution < 1.29 is 14.3 Å². The maximum Gasteiger partial charge on any atom is 0.258 e. The van der Waals surface area contributed by atoms with Crippen LogP contribution in [0.25, 0.3) is 0 Å². The highest BCUT2D eigenvalue weighted by Crippen LogP contribution is 2.38. The Morgan fingerprint density at radius 1 is 1.15 bits per heavy atom. The predicted molar refractivity (Wildman–Crippen MR) is 108 cm³/mol. The van der Waals surface area contributed by atoms with Crippen molar-refractivity contribution in [3.63, 3.8) is 0 Å². The fraction of sp³-hybridized carbons (Fsp3) is 0.409. The lowest BCUT2D eigenvalue weighted by atomic mass is 10.0. The highest BCUT2D eigenvalue weighted by atomic mass is 16.5. The Labute approximate surface area is 161 Å². The lowest BCUT2D eigenvalue weighted by molar-refractivity contribution is 0.0593. The first kappa shape index (κ1) is 19.1. The maximum absolute atomic E-state index is 13.2. The van der Waals surface area contributed by atoms with Crippen molar-refractivity contribution in [2.24, 2.45) is 0 Å². The molecule has 1 amide bonds. The van der Waals surface area contributed by atoms with E-state index in [0.29, 0.717) is 23.7 Å². The zero-order chi connectivity index (χ0) is 19.4. The van der Waals surface area contributed by atoms with Crippen LogP contribution in [0.5, 0.6) is 11.5 Å². The van der Waals surface area contributed by atoms with Crippen LogP contribution < -0.4 is 14.8 Å². The number of rotatable bonds is 7. The Kier molecular flexibility index (Phi) is 5.89. The third-order valence-corrected chi connectivity index (χ3v) is 4.99. The van der Waals surface area contributed by atoms with E-state index >= 15 is 0 Å². The standard InChI is InChI=1S/C22H28N2O3/c1-5-13-27-20-14-16(11-12-19(20)26-4)21-23-18-10-8-7-9-17(18)22(25)24(21)15(3)6-2/h7-12,14-15,21,23H,5-6,13H2,1-4H3/t15-,21+/m1/s1. The minimum Gasteiger partial charge on any atom is -0.493 e. The number of ether oxygens (including phenoxy) is 2. The second-order valence-corrected chi connectivity index (χ2v) is 6.82. The summed E-state index contributed by atoms with van der Waals surface area (Å²) in [6.45, 7) is 6.87. The number of hydrogen-bond acceptors (Lipinski definition) is 4. The lowest BCUT2D eigenvalue weighted by Gasteiger charge is -2.41. The Hall–Kier alpha value is -2.69. The van der Waals surface area contributed by atoms with Gasteiger partial charge in [0.15, 0.2) is 11.5 Å². The summed E-state index contributed by atoms with van der Waals surface area (Å²) >= 11 is 0. The fourth-order valence-electron chi connectivity index (χ4n) is 3.35. The molecule has 1 N–H and O–H groups in total. The van der Waals surface area contributed by atoms with E-state index in [1.165, 1.54) is 0 Å². The molecule has 0 spiro atoms. The van der Waals surface area contributed by atoms with Gasteiger partial charge in [0.2, 0.25) is 0 Å². The van der Waals surface area contributed by atoms with Gasteiger partial charge in [-0.05, 0) is 49.6 Å². The van der Waals surface area contributed by atoms with Gasteiger partial charge >= 0.3 is 0 Å². The number of amides is 1. The van der Waals surface area contributed by atoms with Crippen molar-refractivity contribution in [1.29, 1.82) is 0 Å². The number of carbonyl (C=O) groups is 1. The molecule has 0 bridgehead atoms. The van der Waals surface area contributed by atoms with Crippen molar-refractivity contribution >= 4 is 11.6 Å². The van der Waals surface area contributed by atoms with Gasteiger partial charge in [0.25, 0.3) is 5.91 Å². The first-order valence-corrected chi connectivity index (χ1v) is 9.59. The number of hydrogen-bond donors (Lipinski definition) is 1. The molecule has 0 saturated carbocycles. The van der Waals surface area contributed by atoms with Gasteiger partial charge < -0.3 is 19.7 Å². The minimum absolute atomic E-state index is 0.0514. The van der Waals surface area contributed by atoms with E-state index in [9.17, 15) is 4.79 Å². The molecule has 0 unspecified atom stereocenters. The van der Waals surface area contributed by atoms with E-state index in [1.807, 2.05) is 47.4 Å². The van der Waals surface area contributed by atoms with E-state index in [2.05, 4.69) is 26.1 Å². The van der Waals surface area contributed by atoms with Crippen LogP contribution in [-0.4, -0.2) is 30.6 Å². The monoisotopic (exact) mass is 368 g/mol. The van der Waals surface area contributed by atoms with Gasteiger partial charge in [-0.1, -0.05) is 32.0 Å². The molecule has 0 saturated heterocycles. The Morgan fingerprint density at radius 3 is 2.63 bits per heavy atom. The van der Waals surface area contributed by atoms with Crippen LogP contribution in [-0.2, 0) is 0 Å². The van der Waals surface area contributed by atoms with Gasteiger partial charge in [-0.2, -0.15) is 0 Å². The van der Waals surface area contributed by atoms with E-state index in [-0.39, 0.29) is 18.1 Å². The molecule has 27 heavy (non-hydrogen) atoms. The first-order valence-electron chi connectivity index (χ1n) is 9.59. The van der Waals surface area contributed by atoms with E-state index in [1.54, 1.807) is 7.11 Å². The lowest BCUT2D eigenvalue weighted by Crippen LogP contribution is -2.47. The van der Waals surface area contributed by atoms with Gasteiger partial charge in [0.1, 0.15) is 6.17 Å². The molecule has 0 fully saturated rings. The summed E-state index contributed by atoms with van der Waals surface area (Å²) in [5.41, 5.74) is 2.55. The van der Waals surface area contributed by atoms with Crippen molar-refractivity contribution in [1.82, 2.24) is 4.90 Å². The van der Waals surface area contributed by atoms with Crippen molar-refractivity contribution in [2.45, 2.75) is 45.8 Å². The number of benzene rings is 2. The Balaban J connectivity index is 2.04. The SMILES string of the molecule is CCCOc1cc([C@H]2Nc3ccccc3C(=O)N2[C@H](C)CC)ccc1OC. The zero-order valence-corrected chi connectivity index (χ0v) is 16.5. The largest absolute Gasteiger partial charge is 0.493 e. The summed E-state index contributed by atoms with van der Waals surface area (Å²) in [5.74, 6) is 1.45. The molecule has 0 radical (unpaired) electrons. The number of nitrogens with one attached hydrogen (secondary N) is 1. The molecule has 2 aromatic rings. The van der Waals surface area contributed by atoms with Crippen LogP contribution in [0, 0.1) is 0 Å². The van der Waals surface area contributed by atoms with Gasteiger partial charge in [-0.15, -0.1) is 0 Å². The van der Waals surface area contributed by atoms with Gasteiger partial charge in [-0.25, -0.2) is 0 Å². The Morgan fingerprint density at radius 2 is 1.93 bits per heavy atom. The molecule has 0 aliphatic carbocycles. The summed E-state index contributed by atoms with van der Waals surface area (Å²) in [4.78, 5) is 15.1. The summed E-state index contributed by atoms with van der Waals surface area (Å²) < 4.78 is 11.3. The summed E-state index contributed by atoms with van der Waals surface area (Å²) in [5, 5.41) is 3.54. The highest BCUT2D eigenvalue weighted by molar-refractivity contribution is 6.01. The number of nitrogens with zero attached hydrogens (tertiary/aromatic N) is 1. The number of fused-ring (bicyclic) bond motifs is 1. The number of anilines is 1. The zero-order valence-electron chi connectivity index (χ0n) is 16.5. The van der Waals surface area contributed by atoms with Crippen molar-refractivity contribution in [3.8, 4) is 11.5 Å². The summed E-state index contributed by atoms with van der Waals surface area (Å²) in [7, 11) is 1.64. The summed E-state index contributed by atoms with van der Waals surface area (Å²) in [6, 6.07) is 13.6. The molecule has 1 aliphatic rings. The quantitative estimate of drug-likeness (QED) is 0.759. The van der Waals surface area contributed by atoms with Crippen LogP contribution in [0.2, 0.25) is 0 Å². The third kappa shape index (κ3) is 3.72. The number of para-hydroxylation sites is 1. The smallest absolute Gasteiger partial charge is 0.258 e. The van der Waals surface area contributed by atoms with Crippen LogP contribution in [0.15, 0.2) is 42.5 Å². The first-order chi connectivity index (χ1) is 13.1. The molecular formula is C22H28N2O3. The molecule has 3 rings (SSSR count). The molecule has 0 aromatic heterocycles. The van der Waals surface area contributed by atoms with Gasteiger partial charge in [-0.3, -0.25) is 4.79 Å². The van der Waals surface area contributed by atoms with Crippen molar-refractivity contribution in [3.05, 3.63) is 53.6 Å².